The number of carbonyl (C=O) groups is 1. The van der Waals surface area contributed by atoms with Crippen LogP contribution in [0.1, 0.15) is 24.1 Å². The maximum Gasteiger partial charge on any atom is 0.229 e. The van der Waals surface area contributed by atoms with Crippen LogP contribution in [0, 0.1) is 6.92 Å². The van der Waals surface area contributed by atoms with Crippen LogP contribution in [0.15, 0.2) is 36.5 Å². The first kappa shape index (κ1) is 15.7. The van der Waals surface area contributed by atoms with Gasteiger partial charge in [-0.1, -0.05) is 12.1 Å². The van der Waals surface area contributed by atoms with E-state index >= 15 is 0 Å². The van der Waals surface area contributed by atoms with Gasteiger partial charge in [0.05, 0.1) is 29.9 Å². The topological polar surface area (TPSA) is 70.1 Å². The summed E-state index contributed by atoms with van der Waals surface area (Å²) < 4.78 is 7.57. The zero-order valence-electron chi connectivity index (χ0n) is 14.7. The molecule has 5 nitrogen and oxygen atoms in total. The zero-order valence-corrected chi connectivity index (χ0v) is 14.7. The monoisotopic (exact) mass is 335 g/mol. The number of carbonyl (C=O) groups excluding carboxylic acids is 1. The molecule has 2 N–H and O–H groups in total. The van der Waals surface area contributed by atoms with E-state index in [9.17, 15) is 4.79 Å². The minimum absolute atomic E-state index is 0.279. The number of nitrogens with two attached hydrogens (primary N) is 1. The van der Waals surface area contributed by atoms with Crippen LogP contribution in [0.25, 0.3) is 22.2 Å². The van der Waals surface area contributed by atoms with Crippen LogP contribution in [0.2, 0.25) is 0 Å². The molecule has 5 heteroatoms. The van der Waals surface area contributed by atoms with Crippen LogP contribution in [0.3, 0.4) is 0 Å². The lowest BCUT2D eigenvalue weighted by atomic mass is 10.00. The van der Waals surface area contributed by atoms with E-state index < -0.39 is 5.41 Å². The second kappa shape index (κ2) is 5.34. The van der Waals surface area contributed by atoms with E-state index in [0.29, 0.717) is 0 Å². The van der Waals surface area contributed by atoms with E-state index in [1.807, 2.05) is 31.4 Å². The Morgan fingerprint density at radius 2 is 2.08 bits per heavy atom. The Balaban J connectivity index is 1.87. The van der Waals surface area contributed by atoms with Crippen molar-refractivity contribution in [2.75, 3.05) is 7.11 Å². The summed E-state index contributed by atoms with van der Waals surface area (Å²) in [4.78, 5) is 16.3. The average Bonchev–Trinajstić information content (AvgIpc) is 3.36. The minimum atomic E-state index is -0.559. The molecular weight excluding hydrogens is 314 g/mol. The van der Waals surface area contributed by atoms with Gasteiger partial charge in [-0.15, -0.1) is 0 Å². The number of methoxy groups -OCH3 is 1. The van der Waals surface area contributed by atoms with E-state index in [1.54, 1.807) is 7.11 Å². The van der Waals surface area contributed by atoms with Crippen LogP contribution in [-0.2, 0) is 17.3 Å². The van der Waals surface area contributed by atoms with Crippen molar-refractivity contribution in [3.8, 4) is 17.0 Å². The summed E-state index contributed by atoms with van der Waals surface area (Å²) in [7, 11) is 3.71. The highest BCUT2D eigenvalue weighted by Crippen LogP contribution is 2.47. The van der Waals surface area contributed by atoms with Gasteiger partial charge in [-0.3, -0.25) is 9.78 Å². The van der Waals surface area contributed by atoms with Gasteiger partial charge in [-0.25, -0.2) is 0 Å². The maximum absolute atomic E-state index is 11.8. The Labute approximate surface area is 146 Å². The summed E-state index contributed by atoms with van der Waals surface area (Å²) in [6.07, 6.45) is 3.41. The van der Waals surface area contributed by atoms with Gasteiger partial charge in [-0.2, -0.15) is 0 Å². The van der Waals surface area contributed by atoms with E-state index in [0.717, 1.165) is 52.0 Å². The molecule has 0 spiro atoms. The number of aryl methyl sites for hydroxylation is 1. The molecule has 1 saturated carbocycles. The van der Waals surface area contributed by atoms with Gasteiger partial charge in [0, 0.05) is 29.3 Å². The fourth-order valence-electron chi connectivity index (χ4n) is 3.62. The predicted molar refractivity (Wildman–Crippen MR) is 97.5 cm³/mol. The van der Waals surface area contributed by atoms with E-state index in [4.69, 9.17) is 10.5 Å². The number of hydrogen-bond donors (Lipinski definition) is 1. The molecule has 25 heavy (non-hydrogen) atoms. The van der Waals surface area contributed by atoms with E-state index in [-0.39, 0.29) is 5.91 Å². The Bertz CT molecular complexity index is 1000. The zero-order chi connectivity index (χ0) is 17.8. The first-order valence-corrected chi connectivity index (χ1v) is 8.38. The highest BCUT2D eigenvalue weighted by Gasteiger charge is 2.51. The van der Waals surface area contributed by atoms with Crippen molar-refractivity contribution in [1.82, 2.24) is 9.55 Å². The molecule has 1 fully saturated rings. The standard InChI is InChI=1S/C20H21N3O2/c1-12-14(5-4-6-17(12)25-3)15-9-13-10-18(20(7-8-20)19(21)24)22-11-16(13)23(15)2/h4-6,9-11H,7-8H2,1-3H3,(H2,21,24). The minimum Gasteiger partial charge on any atom is -0.496 e. The SMILES string of the molecule is COc1cccc(-c2cc3cc(C4(C(N)=O)CC4)ncc3n2C)c1C. The van der Waals surface area contributed by atoms with Crippen molar-refractivity contribution in [1.29, 1.82) is 0 Å². The second-order valence-corrected chi connectivity index (χ2v) is 6.80. The number of pyridine rings is 1. The fraction of sp³-hybridized carbons (Fsp3) is 0.300. The van der Waals surface area contributed by atoms with Crippen LogP contribution in [-0.4, -0.2) is 22.6 Å². The molecule has 0 atom stereocenters. The molecule has 1 aromatic carbocycles. The summed E-state index contributed by atoms with van der Waals surface area (Å²) in [6.45, 7) is 2.06. The molecule has 1 aliphatic rings. The lowest BCUT2D eigenvalue weighted by Gasteiger charge is -2.11. The van der Waals surface area contributed by atoms with Crippen molar-refractivity contribution in [3.05, 3.63) is 47.8 Å². The van der Waals surface area contributed by atoms with Crippen LogP contribution < -0.4 is 10.5 Å². The molecule has 1 amide bonds. The molecule has 0 bridgehead atoms. The molecule has 4 rings (SSSR count). The Hall–Kier alpha value is -2.82. The highest BCUT2D eigenvalue weighted by atomic mass is 16.5. The first-order chi connectivity index (χ1) is 12.0. The number of nitrogens with zero attached hydrogens (tertiary/aromatic N) is 2. The van der Waals surface area contributed by atoms with Crippen molar-refractivity contribution in [2.24, 2.45) is 12.8 Å². The van der Waals surface area contributed by atoms with E-state index in [2.05, 4.69) is 28.6 Å². The maximum atomic E-state index is 11.8. The van der Waals surface area contributed by atoms with Gasteiger partial charge < -0.3 is 15.0 Å². The molecule has 0 radical (unpaired) electrons. The largest absolute Gasteiger partial charge is 0.496 e. The Morgan fingerprint density at radius 1 is 1.32 bits per heavy atom. The van der Waals surface area contributed by atoms with Crippen molar-refractivity contribution >= 4 is 16.8 Å². The van der Waals surface area contributed by atoms with Gasteiger partial charge in [-0.05, 0) is 38.0 Å². The quantitative estimate of drug-likeness (QED) is 0.796. The summed E-state index contributed by atoms with van der Waals surface area (Å²) >= 11 is 0. The fourth-order valence-corrected chi connectivity index (χ4v) is 3.62. The highest BCUT2D eigenvalue weighted by molar-refractivity contribution is 5.92. The van der Waals surface area contributed by atoms with Crippen LogP contribution >= 0.6 is 0 Å². The number of rotatable bonds is 4. The lowest BCUT2D eigenvalue weighted by Crippen LogP contribution is -2.29. The molecule has 0 saturated heterocycles. The molecule has 128 valence electrons. The van der Waals surface area contributed by atoms with Gasteiger partial charge in [0.1, 0.15) is 5.75 Å². The number of primary amides is 1. The first-order valence-electron chi connectivity index (χ1n) is 8.38. The van der Waals surface area contributed by atoms with Gasteiger partial charge >= 0.3 is 0 Å². The molecule has 2 heterocycles. The second-order valence-electron chi connectivity index (χ2n) is 6.80. The van der Waals surface area contributed by atoms with Gasteiger partial charge in [0.25, 0.3) is 0 Å². The van der Waals surface area contributed by atoms with Gasteiger partial charge in [0.15, 0.2) is 0 Å². The molecule has 3 aromatic rings. The third-order valence-electron chi connectivity index (χ3n) is 5.42. The Kier molecular flexibility index (Phi) is 3.35. The number of amides is 1. The smallest absolute Gasteiger partial charge is 0.229 e. The number of fused-ring (bicyclic) bond motifs is 1. The third-order valence-corrected chi connectivity index (χ3v) is 5.42. The number of hydrogen-bond acceptors (Lipinski definition) is 3. The summed E-state index contributed by atoms with van der Waals surface area (Å²) in [5, 5.41) is 1.07. The molecule has 0 unspecified atom stereocenters. The van der Waals surface area contributed by atoms with Crippen molar-refractivity contribution < 1.29 is 9.53 Å². The molecular formula is C20H21N3O2. The number of aromatic nitrogens is 2. The molecule has 2 aromatic heterocycles. The molecule has 1 aliphatic carbocycles. The van der Waals surface area contributed by atoms with Gasteiger partial charge in [0.2, 0.25) is 5.91 Å². The summed E-state index contributed by atoms with van der Waals surface area (Å²) in [5.41, 5.74) is 10.2. The van der Waals surface area contributed by atoms with E-state index in [1.165, 1.54) is 0 Å². The lowest BCUT2D eigenvalue weighted by molar-refractivity contribution is -0.120. The predicted octanol–water partition coefficient (Wildman–Crippen LogP) is 3.07. The average molecular weight is 335 g/mol. The number of benzene rings is 1. The number of ether oxygens (including phenoxy) is 1. The van der Waals surface area contributed by atoms with Crippen molar-refractivity contribution in [2.45, 2.75) is 25.2 Å². The summed E-state index contributed by atoms with van der Waals surface area (Å²) in [5.74, 6) is 0.589. The van der Waals surface area contributed by atoms with Crippen molar-refractivity contribution in [3.63, 3.8) is 0 Å². The van der Waals surface area contributed by atoms with Crippen LogP contribution in [0.4, 0.5) is 0 Å². The summed E-state index contributed by atoms with van der Waals surface area (Å²) in [6, 6.07) is 10.2. The van der Waals surface area contributed by atoms with Crippen LogP contribution in [0.5, 0.6) is 5.75 Å². The normalized spacial score (nSPS) is 15.3. The molecule has 0 aliphatic heterocycles. The third kappa shape index (κ3) is 2.22. The Morgan fingerprint density at radius 3 is 2.72 bits per heavy atom.